The lowest BCUT2D eigenvalue weighted by Gasteiger charge is -2.37. The van der Waals surface area contributed by atoms with E-state index in [-0.39, 0.29) is 13.1 Å². The Morgan fingerprint density at radius 1 is 1.00 bits per heavy atom. The Morgan fingerprint density at radius 2 is 1.50 bits per heavy atom. The molecule has 0 aromatic heterocycles. The Balaban J connectivity index is 2.39. The van der Waals surface area contributed by atoms with Crippen LogP contribution in [0.3, 0.4) is 0 Å². The van der Waals surface area contributed by atoms with Crippen LogP contribution in [-0.4, -0.2) is 29.8 Å². The Hall–Kier alpha value is -0.810. The smallest absolute Gasteiger partial charge is 0.364 e. The standard InChI is InChI=1S/C6H4F5N/c7-3-4(12-1-2-12)6(10,11)5(3,8)9/h1-2H2. The Morgan fingerprint density at radius 3 is 1.83 bits per heavy atom. The Kier molecular flexibility index (Phi) is 1.14. The SMILES string of the molecule is FC1=C(N2CC2)C(F)(F)C1(F)F. The molecule has 68 valence electrons. The van der Waals surface area contributed by atoms with Gasteiger partial charge in [-0.25, -0.2) is 4.39 Å². The van der Waals surface area contributed by atoms with E-state index in [9.17, 15) is 22.0 Å². The van der Waals surface area contributed by atoms with E-state index in [1.165, 1.54) is 0 Å². The average molecular weight is 185 g/mol. The fraction of sp³-hybridized carbons (Fsp3) is 0.667. The van der Waals surface area contributed by atoms with Crippen LogP contribution in [0.15, 0.2) is 11.5 Å². The molecule has 1 heterocycles. The van der Waals surface area contributed by atoms with Crippen molar-refractivity contribution in [2.24, 2.45) is 0 Å². The topological polar surface area (TPSA) is 3.01 Å². The summed E-state index contributed by atoms with van der Waals surface area (Å²) in [7, 11) is 0. The van der Waals surface area contributed by atoms with Gasteiger partial charge in [-0.2, -0.15) is 17.6 Å². The lowest BCUT2D eigenvalue weighted by Crippen LogP contribution is -2.54. The first-order chi connectivity index (χ1) is 5.39. The zero-order valence-electron chi connectivity index (χ0n) is 5.75. The third kappa shape index (κ3) is 0.634. The molecule has 2 rings (SSSR count). The summed E-state index contributed by atoms with van der Waals surface area (Å²) in [5, 5.41) is 0. The summed E-state index contributed by atoms with van der Waals surface area (Å²) in [6.07, 6.45) is 0. The summed E-state index contributed by atoms with van der Waals surface area (Å²) >= 11 is 0. The van der Waals surface area contributed by atoms with Gasteiger partial charge in [0.05, 0.1) is 0 Å². The Labute approximate surface area is 64.5 Å². The monoisotopic (exact) mass is 185 g/mol. The number of hydrogen-bond donors (Lipinski definition) is 0. The minimum absolute atomic E-state index is 0.231. The molecule has 2 aliphatic rings. The molecule has 0 aromatic carbocycles. The van der Waals surface area contributed by atoms with Crippen LogP contribution < -0.4 is 0 Å². The second kappa shape index (κ2) is 1.75. The van der Waals surface area contributed by atoms with Crippen molar-refractivity contribution in [3.05, 3.63) is 11.5 Å². The van der Waals surface area contributed by atoms with Crippen molar-refractivity contribution in [1.82, 2.24) is 4.90 Å². The van der Waals surface area contributed by atoms with Gasteiger partial charge >= 0.3 is 11.8 Å². The third-order valence-corrected chi connectivity index (χ3v) is 1.94. The van der Waals surface area contributed by atoms with Crippen LogP contribution in [0, 0.1) is 0 Å². The molecule has 0 atom stereocenters. The summed E-state index contributed by atoms with van der Waals surface area (Å²) in [5.41, 5.74) is -1.13. The van der Waals surface area contributed by atoms with Gasteiger partial charge < -0.3 is 4.90 Å². The number of halogens is 5. The first kappa shape index (κ1) is 7.82. The second-order valence-electron chi connectivity index (χ2n) is 2.80. The highest BCUT2D eigenvalue weighted by molar-refractivity contribution is 5.40. The molecule has 12 heavy (non-hydrogen) atoms. The third-order valence-electron chi connectivity index (χ3n) is 1.94. The van der Waals surface area contributed by atoms with Crippen LogP contribution in [0.5, 0.6) is 0 Å². The molecule has 1 fully saturated rings. The highest BCUT2D eigenvalue weighted by Gasteiger charge is 2.75. The molecule has 1 aliphatic carbocycles. The fourth-order valence-electron chi connectivity index (χ4n) is 1.12. The van der Waals surface area contributed by atoms with Gasteiger partial charge in [-0.05, 0) is 0 Å². The summed E-state index contributed by atoms with van der Waals surface area (Å²) in [6.45, 7) is 0.461. The summed E-state index contributed by atoms with van der Waals surface area (Å²) in [5.74, 6) is -10.9. The van der Waals surface area contributed by atoms with Crippen LogP contribution in [-0.2, 0) is 0 Å². The molecule has 0 radical (unpaired) electrons. The van der Waals surface area contributed by atoms with Crippen molar-refractivity contribution in [2.45, 2.75) is 11.8 Å². The number of hydrogen-bond acceptors (Lipinski definition) is 1. The molecule has 0 amide bonds. The lowest BCUT2D eigenvalue weighted by molar-refractivity contribution is -0.212. The molecular formula is C6H4F5N. The number of allylic oxidation sites excluding steroid dienone is 2. The summed E-state index contributed by atoms with van der Waals surface area (Å²) in [6, 6.07) is 0. The second-order valence-corrected chi connectivity index (χ2v) is 2.80. The van der Waals surface area contributed by atoms with E-state index < -0.39 is 23.4 Å². The van der Waals surface area contributed by atoms with Crippen molar-refractivity contribution in [1.29, 1.82) is 0 Å². The van der Waals surface area contributed by atoms with Crippen molar-refractivity contribution >= 4 is 0 Å². The summed E-state index contributed by atoms with van der Waals surface area (Å²) < 4.78 is 61.5. The van der Waals surface area contributed by atoms with Gasteiger partial charge in [-0.1, -0.05) is 0 Å². The molecule has 0 unspecified atom stereocenters. The molecule has 6 heteroatoms. The molecule has 0 saturated carbocycles. The largest absolute Gasteiger partial charge is 0.368 e. The molecule has 0 spiro atoms. The fourth-order valence-corrected chi connectivity index (χ4v) is 1.12. The van der Waals surface area contributed by atoms with Crippen LogP contribution in [0.1, 0.15) is 0 Å². The number of rotatable bonds is 1. The molecule has 1 saturated heterocycles. The molecule has 0 aromatic rings. The number of nitrogens with zero attached hydrogens (tertiary/aromatic N) is 1. The predicted octanol–water partition coefficient (Wildman–Crippen LogP) is 1.77. The Bertz CT molecular complexity index is 265. The number of alkyl halides is 4. The quantitative estimate of drug-likeness (QED) is 0.444. The van der Waals surface area contributed by atoms with Crippen molar-refractivity contribution in [3.8, 4) is 0 Å². The van der Waals surface area contributed by atoms with E-state index in [1.807, 2.05) is 0 Å². The first-order valence-electron chi connectivity index (χ1n) is 3.30. The lowest BCUT2D eigenvalue weighted by atomic mass is 9.93. The van der Waals surface area contributed by atoms with Crippen LogP contribution in [0.25, 0.3) is 0 Å². The first-order valence-corrected chi connectivity index (χ1v) is 3.30. The normalized spacial score (nSPS) is 30.2. The van der Waals surface area contributed by atoms with E-state index >= 15 is 0 Å². The van der Waals surface area contributed by atoms with Gasteiger partial charge in [-0.15, -0.1) is 0 Å². The van der Waals surface area contributed by atoms with E-state index in [0.717, 1.165) is 4.90 Å². The minimum Gasteiger partial charge on any atom is -0.364 e. The highest BCUT2D eigenvalue weighted by Crippen LogP contribution is 2.57. The van der Waals surface area contributed by atoms with Crippen molar-refractivity contribution in [2.75, 3.05) is 13.1 Å². The zero-order valence-corrected chi connectivity index (χ0v) is 5.75. The zero-order chi connectivity index (χ0) is 9.15. The maximum atomic E-state index is 12.4. The van der Waals surface area contributed by atoms with Gasteiger partial charge in [0.15, 0.2) is 0 Å². The van der Waals surface area contributed by atoms with Gasteiger partial charge in [0, 0.05) is 13.1 Å². The molecule has 0 N–H and O–H groups in total. The molecule has 0 bridgehead atoms. The van der Waals surface area contributed by atoms with Crippen molar-refractivity contribution in [3.63, 3.8) is 0 Å². The van der Waals surface area contributed by atoms with Gasteiger partial charge in [0.1, 0.15) is 5.70 Å². The van der Waals surface area contributed by atoms with E-state index in [1.54, 1.807) is 0 Å². The van der Waals surface area contributed by atoms with Crippen LogP contribution in [0.2, 0.25) is 0 Å². The van der Waals surface area contributed by atoms with E-state index in [4.69, 9.17) is 0 Å². The molecule has 1 nitrogen and oxygen atoms in total. The van der Waals surface area contributed by atoms with Crippen molar-refractivity contribution < 1.29 is 22.0 Å². The van der Waals surface area contributed by atoms with Gasteiger partial charge in [-0.3, -0.25) is 0 Å². The molecular weight excluding hydrogens is 181 g/mol. The summed E-state index contributed by atoms with van der Waals surface area (Å²) in [4.78, 5) is 0.896. The predicted molar refractivity (Wildman–Crippen MR) is 29.6 cm³/mol. The van der Waals surface area contributed by atoms with Gasteiger partial charge in [0.2, 0.25) is 5.83 Å². The van der Waals surface area contributed by atoms with E-state index in [2.05, 4.69) is 0 Å². The van der Waals surface area contributed by atoms with Crippen LogP contribution in [0.4, 0.5) is 22.0 Å². The average Bonchev–Trinajstić information content (AvgIpc) is 2.70. The molecule has 1 aliphatic heterocycles. The minimum atomic E-state index is -4.59. The maximum absolute atomic E-state index is 12.4. The van der Waals surface area contributed by atoms with E-state index in [0.29, 0.717) is 0 Å². The highest BCUT2D eigenvalue weighted by atomic mass is 19.3. The van der Waals surface area contributed by atoms with Gasteiger partial charge in [0.25, 0.3) is 0 Å². The maximum Gasteiger partial charge on any atom is 0.368 e. The van der Waals surface area contributed by atoms with Crippen LogP contribution >= 0.6 is 0 Å².